The molecule has 1 spiro atoms. The van der Waals surface area contributed by atoms with Crippen molar-refractivity contribution in [1.82, 2.24) is 5.32 Å². The molecular formula is C11H21N. The standard InChI is InChI=1S/C11H21N/c1-2-4-7-11(6-3-1)8-5-9-12-10-11/h12H,1-10H2. The van der Waals surface area contributed by atoms with Crippen molar-refractivity contribution in [3.8, 4) is 0 Å². The van der Waals surface area contributed by atoms with E-state index in [2.05, 4.69) is 5.32 Å². The van der Waals surface area contributed by atoms with Crippen molar-refractivity contribution < 1.29 is 0 Å². The summed E-state index contributed by atoms with van der Waals surface area (Å²) in [6, 6.07) is 0. The topological polar surface area (TPSA) is 12.0 Å². The Hall–Kier alpha value is -0.0400. The van der Waals surface area contributed by atoms with Gasteiger partial charge in [-0.2, -0.15) is 0 Å². The van der Waals surface area contributed by atoms with Crippen LogP contribution in [0.4, 0.5) is 0 Å². The minimum Gasteiger partial charge on any atom is -0.316 e. The molecule has 0 aromatic rings. The second-order valence-corrected chi connectivity index (χ2v) is 4.69. The van der Waals surface area contributed by atoms with Crippen LogP contribution in [0.15, 0.2) is 0 Å². The molecule has 1 N–H and O–H groups in total. The lowest BCUT2D eigenvalue weighted by molar-refractivity contribution is 0.179. The molecule has 0 aromatic carbocycles. The van der Waals surface area contributed by atoms with Crippen LogP contribution >= 0.6 is 0 Å². The molecule has 70 valence electrons. The third-order valence-electron chi connectivity index (χ3n) is 3.72. The zero-order valence-corrected chi connectivity index (χ0v) is 8.07. The molecule has 1 aliphatic heterocycles. The van der Waals surface area contributed by atoms with E-state index in [0.29, 0.717) is 0 Å². The van der Waals surface area contributed by atoms with Gasteiger partial charge in [-0.1, -0.05) is 25.7 Å². The Kier molecular flexibility index (Phi) is 2.69. The third kappa shape index (κ3) is 1.82. The highest BCUT2D eigenvalue weighted by Crippen LogP contribution is 2.39. The van der Waals surface area contributed by atoms with Crippen LogP contribution in [0.2, 0.25) is 0 Å². The number of rotatable bonds is 0. The van der Waals surface area contributed by atoms with Crippen molar-refractivity contribution in [2.75, 3.05) is 13.1 Å². The van der Waals surface area contributed by atoms with Crippen LogP contribution in [-0.4, -0.2) is 13.1 Å². The van der Waals surface area contributed by atoms with Gasteiger partial charge in [0, 0.05) is 6.54 Å². The highest BCUT2D eigenvalue weighted by molar-refractivity contribution is 4.86. The molecule has 12 heavy (non-hydrogen) atoms. The number of hydrogen-bond donors (Lipinski definition) is 1. The summed E-state index contributed by atoms with van der Waals surface area (Å²) in [5.41, 5.74) is 0.731. The van der Waals surface area contributed by atoms with Gasteiger partial charge < -0.3 is 5.32 Å². The van der Waals surface area contributed by atoms with Crippen LogP contribution < -0.4 is 5.32 Å². The van der Waals surface area contributed by atoms with Gasteiger partial charge in [-0.05, 0) is 37.6 Å². The van der Waals surface area contributed by atoms with E-state index in [1.54, 1.807) is 0 Å². The summed E-state index contributed by atoms with van der Waals surface area (Å²) in [7, 11) is 0. The minimum absolute atomic E-state index is 0.731. The second-order valence-electron chi connectivity index (χ2n) is 4.69. The van der Waals surface area contributed by atoms with Crippen molar-refractivity contribution in [2.45, 2.75) is 51.4 Å². The van der Waals surface area contributed by atoms with Gasteiger partial charge >= 0.3 is 0 Å². The van der Waals surface area contributed by atoms with Crippen molar-refractivity contribution in [3.63, 3.8) is 0 Å². The Morgan fingerprint density at radius 1 is 0.750 bits per heavy atom. The fourth-order valence-corrected chi connectivity index (χ4v) is 2.94. The van der Waals surface area contributed by atoms with Crippen LogP contribution in [-0.2, 0) is 0 Å². The molecule has 0 radical (unpaired) electrons. The molecule has 1 heterocycles. The number of piperidine rings is 1. The lowest BCUT2D eigenvalue weighted by atomic mass is 9.75. The number of hydrogen-bond acceptors (Lipinski definition) is 1. The molecule has 1 saturated carbocycles. The predicted molar refractivity (Wildman–Crippen MR) is 52.2 cm³/mol. The second kappa shape index (κ2) is 3.78. The third-order valence-corrected chi connectivity index (χ3v) is 3.72. The molecule has 1 heteroatoms. The zero-order valence-electron chi connectivity index (χ0n) is 8.07. The normalized spacial score (nSPS) is 30.0. The molecule has 0 atom stereocenters. The molecule has 0 bridgehead atoms. The zero-order chi connectivity index (χ0) is 8.28. The van der Waals surface area contributed by atoms with Crippen LogP contribution in [0.1, 0.15) is 51.4 Å². The molecule has 2 rings (SSSR count). The first-order valence-corrected chi connectivity index (χ1v) is 5.62. The van der Waals surface area contributed by atoms with Gasteiger partial charge in [-0.15, -0.1) is 0 Å². The maximum Gasteiger partial charge on any atom is 0.000781 e. The van der Waals surface area contributed by atoms with Gasteiger partial charge in [0.2, 0.25) is 0 Å². The highest BCUT2D eigenvalue weighted by atomic mass is 14.9. The maximum atomic E-state index is 3.57. The van der Waals surface area contributed by atoms with Crippen molar-refractivity contribution in [1.29, 1.82) is 0 Å². The van der Waals surface area contributed by atoms with E-state index >= 15 is 0 Å². The fraction of sp³-hybridized carbons (Fsp3) is 1.00. The molecular weight excluding hydrogens is 146 g/mol. The van der Waals surface area contributed by atoms with E-state index in [1.807, 2.05) is 0 Å². The monoisotopic (exact) mass is 167 g/mol. The smallest absolute Gasteiger partial charge is 0.000781 e. The van der Waals surface area contributed by atoms with Crippen molar-refractivity contribution in [3.05, 3.63) is 0 Å². The average molecular weight is 167 g/mol. The van der Waals surface area contributed by atoms with Crippen LogP contribution in [0.5, 0.6) is 0 Å². The minimum atomic E-state index is 0.731. The van der Waals surface area contributed by atoms with Gasteiger partial charge in [-0.3, -0.25) is 0 Å². The summed E-state index contributed by atoms with van der Waals surface area (Å²) in [4.78, 5) is 0. The Morgan fingerprint density at radius 3 is 2.00 bits per heavy atom. The molecule has 2 fully saturated rings. The summed E-state index contributed by atoms with van der Waals surface area (Å²) < 4.78 is 0. The van der Waals surface area contributed by atoms with Gasteiger partial charge in [0.05, 0.1) is 0 Å². The van der Waals surface area contributed by atoms with E-state index in [0.717, 1.165) is 5.41 Å². The Morgan fingerprint density at radius 2 is 1.42 bits per heavy atom. The molecule has 1 saturated heterocycles. The van der Waals surface area contributed by atoms with E-state index in [9.17, 15) is 0 Å². The SMILES string of the molecule is C1CCCC2(CC1)CCCNC2. The van der Waals surface area contributed by atoms with Crippen molar-refractivity contribution in [2.24, 2.45) is 5.41 Å². The average Bonchev–Trinajstić information content (AvgIpc) is 2.33. The molecule has 1 aliphatic carbocycles. The summed E-state index contributed by atoms with van der Waals surface area (Å²) in [5.74, 6) is 0. The Bertz CT molecular complexity index is 126. The van der Waals surface area contributed by atoms with Gasteiger partial charge in [0.25, 0.3) is 0 Å². The van der Waals surface area contributed by atoms with E-state index in [-0.39, 0.29) is 0 Å². The maximum absolute atomic E-state index is 3.57. The van der Waals surface area contributed by atoms with E-state index < -0.39 is 0 Å². The summed E-state index contributed by atoms with van der Waals surface area (Å²) in [5, 5.41) is 3.57. The summed E-state index contributed by atoms with van der Waals surface area (Å²) >= 11 is 0. The van der Waals surface area contributed by atoms with Crippen LogP contribution in [0, 0.1) is 5.41 Å². The first-order chi connectivity index (χ1) is 5.91. The lowest BCUT2D eigenvalue weighted by Crippen LogP contribution is -2.39. The fourth-order valence-electron chi connectivity index (χ4n) is 2.94. The molecule has 0 unspecified atom stereocenters. The Balaban J connectivity index is 1.95. The first-order valence-electron chi connectivity index (χ1n) is 5.62. The predicted octanol–water partition coefficient (Wildman–Crippen LogP) is 2.71. The molecule has 0 amide bonds. The summed E-state index contributed by atoms with van der Waals surface area (Å²) in [6.07, 6.45) is 11.9. The Labute approximate surface area is 75.9 Å². The van der Waals surface area contributed by atoms with Gasteiger partial charge in [0.15, 0.2) is 0 Å². The summed E-state index contributed by atoms with van der Waals surface area (Å²) in [6.45, 7) is 2.58. The van der Waals surface area contributed by atoms with E-state index in [4.69, 9.17) is 0 Å². The van der Waals surface area contributed by atoms with Crippen molar-refractivity contribution >= 4 is 0 Å². The highest BCUT2D eigenvalue weighted by Gasteiger charge is 2.31. The lowest BCUT2D eigenvalue weighted by Gasteiger charge is -2.37. The van der Waals surface area contributed by atoms with Crippen LogP contribution in [0.3, 0.4) is 0 Å². The first kappa shape index (κ1) is 8.55. The van der Waals surface area contributed by atoms with Gasteiger partial charge in [-0.25, -0.2) is 0 Å². The quantitative estimate of drug-likeness (QED) is 0.585. The molecule has 1 nitrogen and oxygen atoms in total. The van der Waals surface area contributed by atoms with Gasteiger partial charge in [0.1, 0.15) is 0 Å². The van der Waals surface area contributed by atoms with Crippen LogP contribution in [0.25, 0.3) is 0 Å². The molecule has 2 aliphatic rings. The molecule has 0 aromatic heterocycles. The number of nitrogens with one attached hydrogen (secondary N) is 1. The largest absolute Gasteiger partial charge is 0.316 e. The van der Waals surface area contributed by atoms with E-state index in [1.165, 1.54) is 64.5 Å².